The molecule has 0 fully saturated rings. The van der Waals surface area contributed by atoms with Crippen LogP contribution in [0.5, 0.6) is 0 Å². The zero-order chi connectivity index (χ0) is 22.8. The highest BCUT2D eigenvalue weighted by molar-refractivity contribution is 5.67. The summed E-state index contributed by atoms with van der Waals surface area (Å²) >= 11 is 0. The topological polar surface area (TPSA) is 123 Å². The van der Waals surface area contributed by atoms with Gasteiger partial charge in [-0.1, -0.05) is 66.7 Å². The first-order valence-corrected chi connectivity index (χ1v) is 10.6. The van der Waals surface area contributed by atoms with Gasteiger partial charge in [0.2, 0.25) is 0 Å². The number of aliphatic hydroxyl groups is 1. The molecule has 3 rings (SSSR count). The van der Waals surface area contributed by atoms with Crippen LogP contribution in [0.25, 0.3) is 0 Å². The molecule has 1 heterocycles. The van der Waals surface area contributed by atoms with Gasteiger partial charge in [0.1, 0.15) is 6.61 Å². The third kappa shape index (κ3) is 7.16. The summed E-state index contributed by atoms with van der Waals surface area (Å²) in [6, 6.07) is 21.2. The van der Waals surface area contributed by atoms with Gasteiger partial charge >= 0.3 is 6.09 Å². The van der Waals surface area contributed by atoms with Crippen LogP contribution in [0.3, 0.4) is 0 Å². The maximum Gasteiger partial charge on any atom is 0.407 e. The van der Waals surface area contributed by atoms with Crippen LogP contribution in [0.4, 0.5) is 4.79 Å². The molecule has 0 radical (unpaired) electrons. The van der Waals surface area contributed by atoms with Crippen molar-refractivity contribution in [2.45, 2.75) is 43.7 Å². The van der Waals surface area contributed by atoms with Crippen LogP contribution < -0.4 is 16.8 Å². The number of ether oxygens (including phenoxy) is 1. The van der Waals surface area contributed by atoms with Crippen LogP contribution in [0.15, 0.2) is 85.2 Å². The molecule has 4 atom stereocenters. The van der Waals surface area contributed by atoms with Gasteiger partial charge in [0, 0.05) is 36.1 Å². The minimum absolute atomic E-state index is 0.110. The Morgan fingerprint density at radius 2 is 1.62 bits per heavy atom. The average molecular weight is 435 g/mol. The normalized spacial score (nSPS) is 14.7. The number of aromatic nitrogens is 1. The van der Waals surface area contributed by atoms with E-state index in [-0.39, 0.29) is 19.1 Å². The predicted molar refractivity (Wildman–Crippen MR) is 123 cm³/mol. The molecular weight excluding hydrogens is 404 g/mol. The summed E-state index contributed by atoms with van der Waals surface area (Å²) < 4.78 is 5.33. The molecular formula is C25H30N4O3. The van der Waals surface area contributed by atoms with E-state index in [0.29, 0.717) is 6.42 Å². The maximum atomic E-state index is 12.4. The Morgan fingerprint density at radius 3 is 2.28 bits per heavy atom. The van der Waals surface area contributed by atoms with Crippen LogP contribution in [-0.4, -0.2) is 34.4 Å². The Kier molecular flexibility index (Phi) is 8.74. The first-order chi connectivity index (χ1) is 15.5. The second kappa shape index (κ2) is 12.0. The van der Waals surface area contributed by atoms with Gasteiger partial charge in [-0.05, 0) is 30.0 Å². The Morgan fingerprint density at radius 1 is 0.969 bits per heavy atom. The Bertz CT molecular complexity index is 941. The minimum atomic E-state index is -0.919. The van der Waals surface area contributed by atoms with E-state index in [9.17, 15) is 9.90 Å². The fraction of sp³-hybridized carbons (Fsp3) is 0.280. The monoisotopic (exact) mass is 434 g/mol. The minimum Gasteiger partial charge on any atom is -0.445 e. The average Bonchev–Trinajstić information content (AvgIpc) is 2.83. The third-order valence-corrected chi connectivity index (χ3v) is 5.31. The lowest BCUT2D eigenvalue weighted by Gasteiger charge is -2.28. The molecule has 6 N–H and O–H groups in total. The number of benzene rings is 2. The molecule has 0 aliphatic heterocycles. The lowest BCUT2D eigenvalue weighted by Crippen LogP contribution is -2.48. The van der Waals surface area contributed by atoms with Crippen molar-refractivity contribution in [3.63, 3.8) is 0 Å². The van der Waals surface area contributed by atoms with Crippen LogP contribution in [-0.2, 0) is 17.8 Å². The standard InChI is InChI=1S/C25H30N4O3/c26-23(20-11-5-2-6-12-20)24(27)22(30)15-21(14-18-8-3-1-4-9-18)29-25(31)32-17-19-10-7-13-28-16-19/h1-13,16,21-24,30H,14-15,17,26-27H2,(H,29,31)/t21-,22-,23?,24+/m0/s1. The van der Waals surface area contributed by atoms with Crippen LogP contribution >= 0.6 is 0 Å². The summed E-state index contributed by atoms with van der Waals surface area (Å²) in [5, 5.41) is 13.7. The van der Waals surface area contributed by atoms with E-state index in [1.807, 2.05) is 66.7 Å². The number of carbonyl (C=O) groups excluding carboxylic acids is 1. The highest BCUT2D eigenvalue weighted by atomic mass is 16.5. The van der Waals surface area contributed by atoms with Crippen LogP contribution in [0.2, 0.25) is 0 Å². The fourth-order valence-electron chi connectivity index (χ4n) is 3.52. The molecule has 0 bridgehead atoms. The molecule has 1 amide bonds. The van der Waals surface area contributed by atoms with Gasteiger partial charge in [-0.2, -0.15) is 0 Å². The molecule has 0 aliphatic carbocycles. The Labute approximate surface area is 188 Å². The number of nitrogens with two attached hydrogens (primary N) is 2. The molecule has 1 aromatic heterocycles. The molecule has 7 nitrogen and oxygen atoms in total. The van der Waals surface area contributed by atoms with Crippen LogP contribution in [0, 0.1) is 0 Å². The van der Waals surface area contributed by atoms with E-state index in [1.54, 1.807) is 18.5 Å². The van der Waals surface area contributed by atoms with Crippen molar-refractivity contribution >= 4 is 6.09 Å². The van der Waals surface area contributed by atoms with E-state index in [4.69, 9.17) is 16.2 Å². The summed E-state index contributed by atoms with van der Waals surface area (Å²) in [5.41, 5.74) is 15.2. The second-order valence-electron chi connectivity index (χ2n) is 7.79. The second-order valence-corrected chi connectivity index (χ2v) is 7.79. The predicted octanol–water partition coefficient (Wildman–Crippen LogP) is 2.70. The third-order valence-electron chi connectivity index (χ3n) is 5.31. The van der Waals surface area contributed by atoms with Gasteiger partial charge in [0.05, 0.1) is 6.10 Å². The van der Waals surface area contributed by atoms with Crippen molar-refractivity contribution in [2.75, 3.05) is 0 Å². The van der Waals surface area contributed by atoms with Gasteiger partial charge in [-0.15, -0.1) is 0 Å². The molecule has 7 heteroatoms. The summed E-state index contributed by atoms with van der Waals surface area (Å²) in [6.45, 7) is 0.110. The van der Waals surface area contributed by atoms with E-state index >= 15 is 0 Å². The summed E-state index contributed by atoms with van der Waals surface area (Å²) in [4.78, 5) is 16.4. The van der Waals surface area contributed by atoms with Gasteiger partial charge < -0.3 is 26.6 Å². The summed E-state index contributed by atoms with van der Waals surface area (Å²) in [6.07, 6.45) is 2.57. The number of carbonyl (C=O) groups is 1. The summed E-state index contributed by atoms with van der Waals surface area (Å²) in [7, 11) is 0. The number of amides is 1. The quantitative estimate of drug-likeness (QED) is 0.389. The SMILES string of the molecule is NC(c1ccccc1)[C@H](N)[C@@H](O)C[C@H](Cc1ccccc1)NC(=O)OCc1cccnc1. The van der Waals surface area contributed by atoms with Gasteiger partial charge in [-0.25, -0.2) is 4.79 Å². The first kappa shape index (κ1) is 23.4. The van der Waals surface area contributed by atoms with Crippen molar-refractivity contribution < 1.29 is 14.6 Å². The van der Waals surface area contributed by atoms with Crippen molar-refractivity contribution in [3.8, 4) is 0 Å². The summed E-state index contributed by atoms with van der Waals surface area (Å²) in [5.74, 6) is 0. The molecule has 2 aromatic carbocycles. The smallest absolute Gasteiger partial charge is 0.407 e. The highest BCUT2D eigenvalue weighted by Gasteiger charge is 2.27. The first-order valence-electron chi connectivity index (χ1n) is 10.6. The molecule has 0 spiro atoms. The van der Waals surface area contributed by atoms with E-state index in [2.05, 4.69) is 10.3 Å². The Hall–Kier alpha value is -3.26. The molecule has 1 unspecified atom stereocenters. The molecule has 168 valence electrons. The van der Waals surface area contributed by atoms with E-state index in [1.165, 1.54) is 0 Å². The van der Waals surface area contributed by atoms with Crippen molar-refractivity contribution in [3.05, 3.63) is 102 Å². The number of aliphatic hydroxyl groups excluding tert-OH is 1. The number of hydrogen-bond donors (Lipinski definition) is 4. The van der Waals surface area contributed by atoms with Gasteiger partial charge in [0.25, 0.3) is 0 Å². The van der Waals surface area contributed by atoms with Gasteiger partial charge in [-0.3, -0.25) is 4.98 Å². The molecule has 3 aromatic rings. The molecule has 0 saturated heterocycles. The number of nitrogens with one attached hydrogen (secondary N) is 1. The van der Waals surface area contributed by atoms with E-state index < -0.39 is 24.3 Å². The number of nitrogens with zero attached hydrogens (tertiary/aromatic N) is 1. The zero-order valence-electron chi connectivity index (χ0n) is 17.9. The zero-order valence-corrected chi connectivity index (χ0v) is 17.9. The molecule has 32 heavy (non-hydrogen) atoms. The maximum absolute atomic E-state index is 12.4. The van der Waals surface area contributed by atoms with Crippen molar-refractivity contribution in [1.29, 1.82) is 0 Å². The largest absolute Gasteiger partial charge is 0.445 e. The van der Waals surface area contributed by atoms with Crippen LogP contribution in [0.1, 0.15) is 29.2 Å². The van der Waals surface area contributed by atoms with Crippen molar-refractivity contribution in [2.24, 2.45) is 11.5 Å². The number of rotatable bonds is 10. The number of hydrogen-bond acceptors (Lipinski definition) is 6. The number of pyridine rings is 1. The number of alkyl carbamates (subject to hydrolysis) is 1. The van der Waals surface area contributed by atoms with E-state index in [0.717, 1.165) is 16.7 Å². The lowest BCUT2D eigenvalue weighted by molar-refractivity contribution is 0.103. The molecule has 0 aliphatic rings. The fourth-order valence-corrected chi connectivity index (χ4v) is 3.52. The lowest BCUT2D eigenvalue weighted by atomic mass is 9.91. The molecule has 0 saturated carbocycles. The highest BCUT2D eigenvalue weighted by Crippen LogP contribution is 2.18. The van der Waals surface area contributed by atoms with Crippen molar-refractivity contribution in [1.82, 2.24) is 10.3 Å². The Balaban J connectivity index is 1.63. The van der Waals surface area contributed by atoms with Gasteiger partial charge in [0.15, 0.2) is 0 Å².